The van der Waals surface area contributed by atoms with E-state index in [4.69, 9.17) is 18.6 Å². The van der Waals surface area contributed by atoms with Crippen LogP contribution in [-0.4, -0.2) is 9.90 Å². The lowest BCUT2D eigenvalue weighted by Crippen LogP contribution is -2.68. The van der Waals surface area contributed by atoms with E-state index in [0.717, 1.165) is 16.9 Å². The number of hydrogen-bond acceptors (Lipinski definition) is 5. The second-order valence-electron chi connectivity index (χ2n) is 5.06. The van der Waals surface area contributed by atoms with E-state index in [9.17, 15) is 0 Å². The molecule has 0 saturated carbocycles. The van der Waals surface area contributed by atoms with Gasteiger partial charge in [0.15, 0.2) is 6.20 Å². The van der Waals surface area contributed by atoms with Crippen molar-refractivity contribution in [1.29, 1.82) is 0 Å². The second-order valence-corrected chi connectivity index (χ2v) is 5.81. The van der Waals surface area contributed by atoms with Crippen LogP contribution < -0.4 is 23.3 Å². The molecule has 126 valence electrons. The first kappa shape index (κ1) is 18.1. The van der Waals surface area contributed by atoms with Gasteiger partial charge >= 0.3 is 0 Å². The summed E-state index contributed by atoms with van der Waals surface area (Å²) in [4.78, 5) is 1.90. The molecule has 0 saturated heterocycles. The zero-order valence-corrected chi connectivity index (χ0v) is 13.9. The monoisotopic (exact) mass is 349 g/mol. The Balaban J connectivity index is 0.000000368. The number of rotatable bonds is 2. The van der Waals surface area contributed by atoms with Crippen LogP contribution in [0, 0.1) is 17.2 Å². The summed E-state index contributed by atoms with van der Waals surface area (Å²) >= 11 is 0. The van der Waals surface area contributed by atoms with Crippen molar-refractivity contribution in [3.8, 4) is 16.9 Å². The van der Waals surface area contributed by atoms with Crippen LogP contribution in [0.4, 0.5) is 0 Å². The summed E-state index contributed by atoms with van der Waals surface area (Å²) in [5.74, 6) is 0. The number of benzene rings is 2. The van der Waals surface area contributed by atoms with E-state index in [1.807, 2.05) is 40.9 Å². The first-order valence-electron chi connectivity index (χ1n) is 6.94. The molecule has 7 nitrogen and oxygen atoms in total. The van der Waals surface area contributed by atoms with E-state index in [2.05, 4.69) is 48.4 Å². The zero-order chi connectivity index (χ0) is 17.7. The van der Waals surface area contributed by atoms with E-state index >= 15 is 0 Å². The van der Waals surface area contributed by atoms with Crippen LogP contribution in [0.1, 0.15) is 5.56 Å². The van der Waals surface area contributed by atoms with Crippen molar-refractivity contribution >= 4 is 0 Å². The van der Waals surface area contributed by atoms with Gasteiger partial charge in [-0.25, -0.2) is 18.6 Å². The van der Waals surface area contributed by atoms with Crippen molar-refractivity contribution in [3.05, 3.63) is 66.4 Å². The van der Waals surface area contributed by atoms with Crippen LogP contribution >= 0.6 is 0 Å². The molecule has 24 heavy (non-hydrogen) atoms. The number of aromatic nitrogens is 3. The molecule has 0 unspecified atom stereocenters. The molecular formula is C16H16ClN3O4. The van der Waals surface area contributed by atoms with E-state index in [1.165, 1.54) is 5.56 Å². The molecule has 3 rings (SSSR count). The fourth-order valence-electron chi connectivity index (χ4n) is 2.09. The molecule has 1 aromatic heterocycles. The molecule has 8 heteroatoms. The quantitative estimate of drug-likeness (QED) is 0.492. The summed E-state index contributed by atoms with van der Waals surface area (Å²) in [5.41, 5.74) is 4.42. The van der Waals surface area contributed by atoms with Gasteiger partial charge in [0.25, 0.3) is 0 Å². The molecule has 3 aromatic rings. The number of halogens is 1. The maximum atomic E-state index is 8.49. The highest BCUT2D eigenvalue weighted by Crippen LogP contribution is 2.15. The van der Waals surface area contributed by atoms with Crippen LogP contribution in [0.2, 0.25) is 0 Å². The van der Waals surface area contributed by atoms with Crippen molar-refractivity contribution < 1.29 is 33.6 Å². The van der Waals surface area contributed by atoms with E-state index in [-0.39, 0.29) is 0 Å². The average molecular weight is 350 g/mol. The van der Waals surface area contributed by atoms with Gasteiger partial charge in [0.1, 0.15) is 12.7 Å². The lowest BCUT2D eigenvalue weighted by Gasteiger charge is -2.17. The van der Waals surface area contributed by atoms with Gasteiger partial charge < -0.3 is 0 Å². The summed E-state index contributed by atoms with van der Waals surface area (Å²) in [6.45, 7) is 2.09. The number of nitrogens with zero attached hydrogens (tertiary/aromatic N) is 3. The van der Waals surface area contributed by atoms with Gasteiger partial charge in [-0.15, -0.1) is 10.2 Å². The summed E-state index contributed by atoms with van der Waals surface area (Å²) in [7, 11) is -2.95. The third-order valence-corrected chi connectivity index (χ3v) is 3.14. The number of hydrogen-bond donors (Lipinski definition) is 0. The minimum atomic E-state index is -4.94. The van der Waals surface area contributed by atoms with Gasteiger partial charge in [0.05, 0.1) is 5.10 Å². The Morgan fingerprint density at radius 1 is 0.917 bits per heavy atom. The molecule has 0 aliphatic rings. The Bertz CT molecular complexity index is 777. The lowest BCUT2D eigenvalue weighted by atomic mass is 10.2. The van der Waals surface area contributed by atoms with Gasteiger partial charge in [-0.3, -0.25) is 0 Å². The average Bonchev–Trinajstić information content (AvgIpc) is 2.89. The van der Waals surface area contributed by atoms with Crippen LogP contribution in [-0.2, 0) is 7.05 Å². The normalized spacial score (nSPS) is 10.9. The minimum absolute atomic E-state index is 0.976. The standard InChI is InChI=1S/C16H16N3.ClHO4/c1-13-8-10-15(11-9-13)19-17-16(12-18(19)2)14-6-4-3-5-7-14;2-1(3,4)5/h3-12H,1-2H3;(H,2,3,4,5)/q+1;/p-1. The molecule has 0 N–H and O–H groups in total. The molecule has 0 atom stereocenters. The predicted octanol–water partition coefficient (Wildman–Crippen LogP) is -2.08. The molecule has 0 fully saturated rings. The zero-order valence-electron chi connectivity index (χ0n) is 13.1. The highest BCUT2D eigenvalue weighted by atomic mass is 35.7. The Morgan fingerprint density at radius 3 is 2.00 bits per heavy atom. The first-order chi connectivity index (χ1) is 11.2. The van der Waals surface area contributed by atoms with Gasteiger partial charge in [-0.2, -0.15) is 4.68 Å². The Kier molecular flexibility index (Phi) is 5.66. The molecule has 0 aliphatic heterocycles. The highest BCUT2D eigenvalue weighted by Gasteiger charge is 2.16. The van der Waals surface area contributed by atoms with E-state index < -0.39 is 10.2 Å². The maximum Gasteiger partial charge on any atom is 0.249 e. The first-order valence-corrected chi connectivity index (χ1v) is 8.17. The Labute approximate surface area is 141 Å². The minimum Gasteiger partial charge on any atom is -0.222 e. The fraction of sp³-hybridized carbons (Fsp3) is 0.125. The molecule has 0 amide bonds. The van der Waals surface area contributed by atoms with E-state index in [0.29, 0.717) is 0 Å². The molecule has 0 aliphatic carbocycles. The van der Waals surface area contributed by atoms with Crippen LogP contribution in [0.3, 0.4) is 0 Å². The largest absolute Gasteiger partial charge is 0.249 e. The molecule has 2 aromatic carbocycles. The molecular weight excluding hydrogens is 334 g/mol. The smallest absolute Gasteiger partial charge is 0.222 e. The Hall–Kier alpha value is -2.29. The van der Waals surface area contributed by atoms with Gasteiger partial charge in [0.2, 0.25) is 5.69 Å². The SMILES string of the molecule is Cc1ccc(-n2nc(-c3ccccc3)c[n+]2C)cc1.[O-][Cl+3]([O-])([O-])[O-]. The van der Waals surface area contributed by atoms with Gasteiger partial charge in [-0.1, -0.05) is 48.0 Å². The third kappa shape index (κ3) is 5.41. The lowest BCUT2D eigenvalue weighted by molar-refractivity contribution is -2.00. The molecule has 1 heterocycles. The maximum absolute atomic E-state index is 8.49. The summed E-state index contributed by atoms with van der Waals surface area (Å²) in [6.07, 6.45) is 2.04. The second kappa shape index (κ2) is 7.52. The number of aryl methyl sites for hydroxylation is 2. The van der Waals surface area contributed by atoms with Crippen molar-refractivity contribution in [2.24, 2.45) is 7.05 Å². The van der Waals surface area contributed by atoms with Crippen molar-refractivity contribution in [1.82, 2.24) is 9.90 Å². The predicted molar refractivity (Wildman–Crippen MR) is 74.9 cm³/mol. The molecule has 0 spiro atoms. The third-order valence-electron chi connectivity index (χ3n) is 3.14. The van der Waals surface area contributed by atoms with Gasteiger partial charge in [0, 0.05) is 5.56 Å². The summed E-state index contributed by atoms with van der Waals surface area (Å²) in [5, 5.41) is 4.66. The van der Waals surface area contributed by atoms with Crippen molar-refractivity contribution in [2.75, 3.05) is 0 Å². The fourth-order valence-corrected chi connectivity index (χ4v) is 2.09. The van der Waals surface area contributed by atoms with E-state index in [1.54, 1.807) is 0 Å². The van der Waals surface area contributed by atoms with Crippen molar-refractivity contribution in [3.63, 3.8) is 0 Å². The van der Waals surface area contributed by atoms with Gasteiger partial charge in [-0.05, 0) is 23.9 Å². The van der Waals surface area contributed by atoms with Crippen LogP contribution in [0.15, 0.2) is 60.8 Å². The highest BCUT2D eigenvalue weighted by molar-refractivity contribution is 5.56. The topological polar surface area (TPSA) is 114 Å². The summed E-state index contributed by atoms with van der Waals surface area (Å²) in [6, 6.07) is 18.6. The van der Waals surface area contributed by atoms with Crippen molar-refractivity contribution in [2.45, 2.75) is 6.92 Å². The Morgan fingerprint density at radius 2 is 1.46 bits per heavy atom. The summed E-state index contributed by atoms with van der Waals surface area (Å²) < 4.78 is 36.0. The molecule has 0 bridgehead atoms. The van der Waals surface area contributed by atoms with Crippen LogP contribution in [0.5, 0.6) is 0 Å². The molecule has 0 radical (unpaired) electrons. The van der Waals surface area contributed by atoms with Crippen LogP contribution in [0.25, 0.3) is 16.9 Å².